The zero-order chi connectivity index (χ0) is 20.1. The lowest BCUT2D eigenvalue weighted by atomic mass is 10.1. The van der Waals surface area contributed by atoms with Crippen LogP contribution in [0.2, 0.25) is 0 Å². The fourth-order valence-corrected chi connectivity index (χ4v) is 2.14. The van der Waals surface area contributed by atoms with E-state index >= 15 is 0 Å². The third kappa shape index (κ3) is 9.37. The van der Waals surface area contributed by atoms with Gasteiger partial charge >= 0.3 is 5.97 Å². The summed E-state index contributed by atoms with van der Waals surface area (Å²) in [5, 5.41) is 19.2. The van der Waals surface area contributed by atoms with Crippen molar-refractivity contribution in [2.75, 3.05) is 6.61 Å². The van der Waals surface area contributed by atoms with Crippen LogP contribution in [0.3, 0.4) is 0 Å². The first-order valence-electron chi connectivity index (χ1n) is 8.79. The molecule has 0 aliphatic carbocycles. The van der Waals surface area contributed by atoms with E-state index in [1.165, 1.54) is 18.2 Å². The minimum Gasteiger partial charge on any atom is -0.508 e. The number of hydrogen-bond donors (Lipinski definition) is 2. The third-order valence-electron chi connectivity index (χ3n) is 3.53. The van der Waals surface area contributed by atoms with Crippen molar-refractivity contribution >= 4 is 11.8 Å². The molecule has 27 heavy (non-hydrogen) atoms. The van der Waals surface area contributed by atoms with E-state index in [9.17, 15) is 19.8 Å². The van der Waals surface area contributed by atoms with Crippen molar-refractivity contribution in [1.29, 1.82) is 0 Å². The number of hydrogen-bond acceptors (Lipinski definition) is 5. The average molecular weight is 370 g/mol. The Morgan fingerprint density at radius 3 is 2.44 bits per heavy atom. The molecule has 0 aliphatic heterocycles. The minimum atomic E-state index is -0.693. The smallest absolute Gasteiger partial charge is 0.335 e. The van der Waals surface area contributed by atoms with E-state index in [1.807, 2.05) is 37.3 Å². The topological polar surface area (TPSA) is 83.8 Å². The summed E-state index contributed by atoms with van der Waals surface area (Å²) in [4.78, 5) is 23.4. The number of ketones is 1. The quantitative estimate of drug-likeness (QED) is 0.280. The first-order chi connectivity index (χ1) is 13.0. The highest BCUT2D eigenvalue weighted by atomic mass is 16.5. The molecule has 1 aromatic carbocycles. The first kappa shape index (κ1) is 22.1. The molecule has 2 N–H and O–H groups in total. The number of allylic oxidation sites excluding steroid dienone is 4. The summed E-state index contributed by atoms with van der Waals surface area (Å²) in [6.45, 7) is 3.33. The molecule has 1 atom stereocenters. The van der Waals surface area contributed by atoms with Crippen LogP contribution in [-0.4, -0.2) is 28.6 Å². The van der Waals surface area contributed by atoms with Crippen molar-refractivity contribution in [3.63, 3.8) is 0 Å². The minimum absolute atomic E-state index is 0.0522. The molecular weight excluding hydrogens is 344 g/mol. The van der Waals surface area contributed by atoms with Crippen molar-refractivity contribution < 1.29 is 24.5 Å². The molecule has 0 radical (unpaired) electrons. The SMILES string of the molecule is CC/C=C/C(=O)C/C=C/C(=C\C(O)=C\C(=O)OC(C)c1ccccc1)CO. The highest BCUT2D eigenvalue weighted by Crippen LogP contribution is 2.16. The van der Waals surface area contributed by atoms with Gasteiger partial charge in [-0.3, -0.25) is 4.79 Å². The van der Waals surface area contributed by atoms with Crippen LogP contribution in [0.15, 0.2) is 78.1 Å². The molecule has 0 amide bonds. The Bertz CT molecular complexity index is 726. The maximum atomic E-state index is 11.9. The standard InChI is InChI=1S/C22H26O5/c1-3-4-12-20(24)13-8-9-18(16-23)14-21(25)15-22(26)27-17(2)19-10-6-5-7-11-19/h4-12,14-15,17,23,25H,3,13,16H2,1-2H3/b9-8+,12-4+,18-14+,21-15-. The predicted octanol–water partition coefficient (Wildman–Crippen LogP) is 4.13. The lowest BCUT2D eigenvalue weighted by Gasteiger charge is -2.11. The van der Waals surface area contributed by atoms with Crippen molar-refractivity contribution in [2.24, 2.45) is 0 Å². The van der Waals surface area contributed by atoms with Gasteiger partial charge in [0.1, 0.15) is 11.9 Å². The molecule has 0 bridgehead atoms. The second-order valence-electron chi connectivity index (χ2n) is 5.82. The van der Waals surface area contributed by atoms with E-state index in [0.717, 1.165) is 18.1 Å². The van der Waals surface area contributed by atoms with Crippen LogP contribution in [0.4, 0.5) is 0 Å². The summed E-state index contributed by atoms with van der Waals surface area (Å²) in [7, 11) is 0. The highest BCUT2D eigenvalue weighted by Gasteiger charge is 2.10. The molecule has 5 nitrogen and oxygen atoms in total. The number of aliphatic hydroxyl groups excluding tert-OH is 2. The summed E-state index contributed by atoms with van der Waals surface area (Å²) < 4.78 is 5.24. The average Bonchev–Trinajstić information content (AvgIpc) is 2.65. The lowest BCUT2D eigenvalue weighted by molar-refractivity contribution is -0.142. The Morgan fingerprint density at radius 2 is 1.81 bits per heavy atom. The van der Waals surface area contributed by atoms with E-state index < -0.39 is 12.1 Å². The number of esters is 1. The Kier molecular flexibility index (Phi) is 10.2. The van der Waals surface area contributed by atoms with Gasteiger partial charge in [-0.1, -0.05) is 55.5 Å². The zero-order valence-corrected chi connectivity index (χ0v) is 15.7. The predicted molar refractivity (Wildman–Crippen MR) is 105 cm³/mol. The van der Waals surface area contributed by atoms with Crippen molar-refractivity contribution in [3.05, 3.63) is 83.7 Å². The molecule has 0 heterocycles. The summed E-state index contributed by atoms with van der Waals surface area (Å²) in [5.74, 6) is -1.09. The molecule has 0 aliphatic rings. The lowest BCUT2D eigenvalue weighted by Crippen LogP contribution is -2.06. The summed E-state index contributed by atoms with van der Waals surface area (Å²) in [5.41, 5.74) is 1.20. The van der Waals surface area contributed by atoms with E-state index in [-0.39, 0.29) is 24.6 Å². The fourth-order valence-electron chi connectivity index (χ4n) is 2.14. The summed E-state index contributed by atoms with van der Waals surface area (Å²) in [6, 6.07) is 9.24. The zero-order valence-electron chi connectivity index (χ0n) is 15.7. The largest absolute Gasteiger partial charge is 0.508 e. The van der Waals surface area contributed by atoms with Gasteiger partial charge in [-0.05, 0) is 36.6 Å². The van der Waals surface area contributed by atoms with Crippen LogP contribution >= 0.6 is 0 Å². The molecule has 0 fully saturated rings. The van der Waals surface area contributed by atoms with Crippen LogP contribution in [0.1, 0.15) is 38.4 Å². The fraction of sp³-hybridized carbons (Fsp3) is 0.273. The number of carbonyl (C=O) groups excluding carboxylic acids is 2. The van der Waals surface area contributed by atoms with Gasteiger partial charge in [-0.25, -0.2) is 4.79 Å². The van der Waals surface area contributed by atoms with Crippen molar-refractivity contribution in [3.8, 4) is 0 Å². The molecule has 144 valence electrons. The highest BCUT2D eigenvalue weighted by molar-refractivity contribution is 5.90. The van der Waals surface area contributed by atoms with E-state index in [4.69, 9.17) is 4.74 Å². The molecule has 0 spiro atoms. The Balaban J connectivity index is 2.65. The molecule has 0 aromatic heterocycles. The van der Waals surface area contributed by atoms with E-state index in [1.54, 1.807) is 19.1 Å². The van der Waals surface area contributed by atoms with Crippen molar-refractivity contribution in [2.45, 2.75) is 32.8 Å². The molecule has 0 saturated carbocycles. The van der Waals surface area contributed by atoms with Gasteiger partial charge < -0.3 is 14.9 Å². The Labute approximate surface area is 160 Å². The second kappa shape index (κ2) is 12.4. The van der Waals surface area contributed by atoms with Gasteiger partial charge in [0.05, 0.1) is 12.7 Å². The van der Waals surface area contributed by atoms with Crippen molar-refractivity contribution in [1.82, 2.24) is 0 Å². The second-order valence-corrected chi connectivity index (χ2v) is 5.82. The number of rotatable bonds is 10. The molecule has 5 heteroatoms. The van der Waals surface area contributed by atoms with Crippen LogP contribution in [-0.2, 0) is 14.3 Å². The molecule has 1 aromatic rings. The normalized spacial score (nSPS) is 13.9. The van der Waals surface area contributed by atoms with E-state index in [2.05, 4.69) is 0 Å². The van der Waals surface area contributed by atoms with Gasteiger partial charge in [0.15, 0.2) is 5.78 Å². The number of aliphatic hydroxyl groups is 2. The molecular formula is C22H26O5. The monoisotopic (exact) mass is 370 g/mol. The molecule has 0 saturated heterocycles. The summed E-state index contributed by atoms with van der Waals surface area (Å²) in [6.07, 6.45) is 9.11. The number of benzene rings is 1. The van der Waals surface area contributed by atoms with Gasteiger partial charge in [0.2, 0.25) is 0 Å². The van der Waals surface area contributed by atoms with Crippen LogP contribution in [0.25, 0.3) is 0 Å². The first-order valence-corrected chi connectivity index (χ1v) is 8.79. The number of carbonyl (C=O) groups is 2. The van der Waals surface area contributed by atoms with Gasteiger partial charge in [0, 0.05) is 6.42 Å². The van der Waals surface area contributed by atoms with Crippen LogP contribution in [0.5, 0.6) is 0 Å². The van der Waals surface area contributed by atoms with Crippen LogP contribution in [0, 0.1) is 0 Å². The third-order valence-corrected chi connectivity index (χ3v) is 3.53. The molecule has 1 unspecified atom stereocenters. The maximum Gasteiger partial charge on any atom is 0.335 e. The number of ether oxygens (including phenoxy) is 1. The van der Waals surface area contributed by atoms with E-state index in [0.29, 0.717) is 5.57 Å². The Hall–Kier alpha value is -2.92. The van der Waals surface area contributed by atoms with Gasteiger partial charge in [0.25, 0.3) is 0 Å². The Morgan fingerprint density at radius 1 is 1.11 bits per heavy atom. The van der Waals surface area contributed by atoms with Gasteiger partial charge in [-0.2, -0.15) is 0 Å². The molecule has 1 rings (SSSR count). The maximum absolute atomic E-state index is 11.9. The van der Waals surface area contributed by atoms with Crippen LogP contribution < -0.4 is 0 Å². The van der Waals surface area contributed by atoms with Gasteiger partial charge in [-0.15, -0.1) is 0 Å². The summed E-state index contributed by atoms with van der Waals surface area (Å²) >= 11 is 0.